The Morgan fingerprint density at radius 2 is 1.87 bits per heavy atom. The second-order valence-corrected chi connectivity index (χ2v) is 8.16. The first kappa shape index (κ1) is 21.5. The van der Waals surface area contributed by atoms with Crippen molar-refractivity contribution >= 4 is 40.6 Å². The zero-order valence-electron chi connectivity index (χ0n) is 16.2. The van der Waals surface area contributed by atoms with Gasteiger partial charge in [-0.3, -0.25) is 4.79 Å². The highest BCUT2D eigenvalue weighted by molar-refractivity contribution is 6.31. The number of nitrogens with one attached hydrogen (secondary N) is 2. The summed E-state index contributed by atoms with van der Waals surface area (Å²) >= 11 is 12.0. The number of nitrogens with zero attached hydrogens (tertiary/aromatic N) is 2. The number of carbonyl (C=O) groups excluding carboxylic acids is 1. The molecule has 31 heavy (non-hydrogen) atoms. The summed E-state index contributed by atoms with van der Waals surface area (Å²) < 4.78 is 42.2. The third kappa shape index (κ3) is 4.50. The third-order valence-electron chi connectivity index (χ3n) is 5.12. The molecule has 2 heterocycles. The molecule has 5 nitrogen and oxygen atoms in total. The van der Waals surface area contributed by atoms with Gasteiger partial charge in [-0.25, -0.2) is 4.68 Å². The van der Waals surface area contributed by atoms with E-state index in [4.69, 9.17) is 23.2 Å². The molecule has 4 rings (SSSR count). The predicted molar refractivity (Wildman–Crippen MR) is 114 cm³/mol. The number of anilines is 2. The van der Waals surface area contributed by atoms with Crippen LogP contribution in [0.2, 0.25) is 10.0 Å². The number of benzene rings is 2. The van der Waals surface area contributed by atoms with E-state index in [2.05, 4.69) is 15.7 Å². The van der Waals surface area contributed by atoms with Crippen LogP contribution in [0.5, 0.6) is 0 Å². The maximum atomic E-state index is 13.8. The highest BCUT2D eigenvalue weighted by atomic mass is 35.5. The average molecular weight is 469 g/mol. The van der Waals surface area contributed by atoms with Crippen molar-refractivity contribution in [1.29, 1.82) is 0 Å². The van der Waals surface area contributed by atoms with Gasteiger partial charge in [-0.1, -0.05) is 41.4 Å². The number of fused-ring (bicyclic) bond motifs is 1. The van der Waals surface area contributed by atoms with E-state index in [1.54, 1.807) is 42.5 Å². The second kappa shape index (κ2) is 8.09. The molecule has 1 aliphatic rings. The van der Waals surface area contributed by atoms with Gasteiger partial charge < -0.3 is 10.6 Å². The van der Waals surface area contributed by atoms with Crippen LogP contribution >= 0.6 is 23.2 Å². The van der Waals surface area contributed by atoms with Crippen molar-refractivity contribution in [2.75, 3.05) is 10.6 Å². The Labute approximate surface area is 186 Å². The summed E-state index contributed by atoms with van der Waals surface area (Å²) in [5, 5.41) is 10.6. The molecular weight excluding hydrogens is 452 g/mol. The fourth-order valence-corrected chi connectivity index (χ4v) is 3.77. The molecule has 2 aromatic carbocycles. The lowest BCUT2D eigenvalue weighted by atomic mass is 9.97. The largest absolute Gasteiger partial charge is 0.410 e. The lowest BCUT2D eigenvalue weighted by Crippen LogP contribution is -2.35. The summed E-state index contributed by atoms with van der Waals surface area (Å²) in [4.78, 5) is 12.6. The van der Waals surface area contributed by atoms with Gasteiger partial charge in [0.15, 0.2) is 11.7 Å². The van der Waals surface area contributed by atoms with Gasteiger partial charge in [0, 0.05) is 28.2 Å². The van der Waals surface area contributed by atoms with Crippen LogP contribution in [0.1, 0.15) is 40.1 Å². The van der Waals surface area contributed by atoms with Crippen molar-refractivity contribution in [2.24, 2.45) is 0 Å². The number of hydrogen-bond donors (Lipinski definition) is 2. The maximum Gasteiger partial charge on any atom is 0.410 e. The van der Waals surface area contributed by atoms with Crippen LogP contribution in [-0.4, -0.2) is 21.9 Å². The second-order valence-electron chi connectivity index (χ2n) is 7.32. The zero-order chi connectivity index (χ0) is 22.3. The van der Waals surface area contributed by atoms with E-state index in [1.165, 1.54) is 6.07 Å². The van der Waals surface area contributed by atoms with Crippen molar-refractivity contribution in [3.05, 3.63) is 75.4 Å². The number of rotatable bonds is 3. The monoisotopic (exact) mass is 468 g/mol. The number of hydrogen-bond acceptors (Lipinski definition) is 3. The number of aromatic nitrogens is 2. The van der Waals surface area contributed by atoms with Gasteiger partial charge in [-0.15, -0.1) is 0 Å². The molecule has 0 saturated heterocycles. The van der Waals surface area contributed by atoms with E-state index in [-0.39, 0.29) is 17.9 Å². The van der Waals surface area contributed by atoms with E-state index < -0.39 is 24.2 Å². The molecule has 0 aliphatic carbocycles. The molecule has 10 heteroatoms. The van der Waals surface area contributed by atoms with Crippen LogP contribution in [0.25, 0.3) is 0 Å². The van der Waals surface area contributed by atoms with Gasteiger partial charge in [0.05, 0.1) is 6.04 Å². The number of amides is 1. The normalized spacial score (nSPS) is 18.3. The maximum absolute atomic E-state index is 13.8. The zero-order valence-corrected chi connectivity index (χ0v) is 17.7. The molecule has 0 bridgehead atoms. The Bertz CT molecular complexity index is 1130. The van der Waals surface area contributed by atoms with Gasteiger partial charge in [0.1, 0.15) is 5.82 Å². The third-order valence-corrected chi connectivity index (χ3v) is 5.78. The topological polar surface area (TPSA) is 59.0 Å². The minimum absolute atomic E-state index is 0.112. The first-order chi connectivity index (χ1) is 14.6. The van der Waals surface area contributed by atoms with Gasteiger partial charge in [-0.05, 0) is 42.3 Å². The van der Waals surface area contributed by atoms with E-state index in [0.717, 1.165) is 10.2 Å². The summed E-state index contributed by atoms with van der Waals surface area (Å²) in [6.07, 6.45) is -4.81. The first-order valence-corrected chi connectivity index (χ1v) is 10.1. The van der Waals surface area contributed by atoms with Crippen LogP contribution in [-0.2, 0) is 0 Å². The van der Waals surface area contributed by atoms with Gasteiger partial charge in [0.2, 0.25) is 0 Å². The molecule has 162 valence electrons. The molecule has 1 aromatic heterocycles. The Morgan fingerprint density at radius 1 is 1.16 bits per heavy atom. The molecule has 0 spiro atoms. The van der Waals surface area contributed by atoms with E-state index in [0.29, 0.717) is 21.3 Å². The Hall–Kier alpha value is -2.71. The average Bonchev–Trinajstić information content (AvgIpc) is 3.14. The molecular formula is C21H17Cl2F3N4O. The van der Waals surface area contributed by atoms with Crippen LogP contribution in [0.4, 0.5) is 24.7 Å². The summed E-state index contributed by atoms with van der Waals surface area (Å²) in [5.41, 5.74) is 1.78. The van der Waals surface area contributed by atoms with E-state index >= 15 is 0 Å². The molecule has 1 amide bonds. The molecule has 0 unspecified atom stereocenters. The lowest BCUT2D eigenvalue weighted by Gasteiger charge is -2.33. The highest BCUT2D eigenvalue weighted by Crippen LogP contribution is 2.43. The SMILES string of the molecule is Cc1ccc(NC(=O)c2cc3n(n2)[C@@H](C(F)(F)F)C[C@@H](c2ccc(Cl)cc2)N3)cc1Cl. The fraction of sp³-hybridized carbons (Fsp3) is 0.238. The first-order valence-electron chi connectivity index (χ1n) is 9.37. The van der Waals surface area contributed by atoms with Crippen LogP contribution in [0.15, 0.2) is 48.5 Å². The quantitative estimate of drug-likeness (QED) is 0.466. The molecule has 0 saturated carbocycles. The standard InChI is InChI=1S/C21H17Cl2F3N4O/c1-11-2-7-14(8-15(11)23)27-20(31)17-10-19-28-16(12-3-5-13(22)6-4-12)9-18(21(24,25)26)30(19)29-17/h2-8,10,16,18,28H,9H2,1H3,(H,27,31)/t16-,18+/m0/s1. The van der Waals surface area contributed by atoms with Crippen LogP contribution in [0.3, 0.4) is 0 Å². The van der Waals surface area contributed by atoms with Crippen LogP contribution < -0.4 is 10.6 Å². The van der Waals surface area contributed by atoms with Crippen molar-refractivity contribution in [1.82, 2.24) is 9.78 Å². The van der Waals surface area contributed by atoms with Crippen molar-refractivity contribution in [3.8, 4) is 0 Å². The van der Waals surface area contributed by atoms with E-state index in [1.807, 2.05) is 6.92 Å². The Balaban J connectivity index is 1.63. The van der Waals surface area contributed by atoms with Gasteiger partial charge in [-0.2, -0.15) is 18.3 Å². The number of halogens is 5. The molecule has 0 fully saturated rings. The summed E-state index contributed by atoms with van der Waals surface area (Å²) in [5.74, 6) is -0.520. The molecule has 2 N–H and O–H groups in total. The highest BCUT2D eigenvalue weighted by Gasteiger charge is 2.46. The van der Waals surface area contributed by atoms with Gasteiger partial charge >= 0.3 is 6.18 Å². The molecule has 3 aromatic rings. The molecule has 0 radical (unpaired) electrons. The number of alkyl halides is 3. The van der Waals surface area contributed by atoms with Crippen molar-refractivity contribution < 1.29 is 18.0 Å². The molecule has 1 aliphatic heterocycles. The number of carbonyl (C=O) groups is 1. The summed E-state index contributed by atoms with van der Waals surface area (Å²) in [7, 11) is 0. The smallest absolute Gasteiger partial charge is 0.363 e. The minimum Gasteiger partial charge on any atom is -0.363 e. The van der Waals surface area contributed by atoms with Crippen molar-refractivity contribution in [2.45, 2.75) is 31.6 Å². The summed E-state index contributed by atoms with van der Waals surface area (Å²) in [6, 6.07) is 10.4. The predicted octanol–water partition coefficient (Wildman–Crippen LogP) is 6.41. The Morgan fingerprint density at radius 3 is 2.52 bits per heavy atom. The van der Waals surface area contributed by atoms with Crippen molar-refractivity contribution in [3.63, 3.8) is 0 Å². The Kier molecular flexibility index (Phi) is 5.61. The lowest BCUT2D eigenvalue weighted by molar-refractivity contribution is -0.173. The van der Waals surface area contributed by atoms with E-state index in [9.17, 15) is 18.0 Å². The van der Waals surface area contributed by atoms with Gasteiger partial charge in [0.25, 0.3) is 5.91 Å². The summed E-state index contributed by atoms with van der Waals surface area (Å²) in [6.45, 7) is 1.82. The fourth-order valence-electron chi connectivity index (χ4n) is 3.46. The minimum atomic E-state index is -4.54. The number of aryl methyl sites for hydroxylation is 1. The molecule has 2 atom stereocenters. The van der Waals surface area contributed by atoms with Crippen LogP contribution in [0, 0.1) is 6.92 Å².